The molecule has 3 unspecified atom stereocenters. The third kappa shape index (κ3) is 5.17. The number of piperazine rings is 1. The maximum absolute atomic E-state index is 12.5. The van der Waals surface area contributed by atoms with E-state index >= 15 is 0 Å². The van der Waals surface area contributed by atoms with Crippen LogP contribution in [0.2, 0.25) is 0 Å². The van der Waals surface area contributed by atoms with Gasteiger partial charge in [-0.15, -0.1) is 6.58 Å². The third-order valence-corrected chi connectivity index (χ3v) is 6.34. The lowest BCUT2D eigenvalue weighted by Gasteiger charge is -2.47. The van der Waals surface area contributed by atoms with Crippen LogP contribution in [-0.4, -0.2) is 71.0 Å². The molecule has 31 heavy (non-hydrogen) atoms. The van der Waals surface area contributed by atoms with Gasteiger partial charge in [0.1, 0.15) is 5.75 Å². The molecule has 0 aromatic heterocycles. The van der Waals surface area contributed by atoms with Crippen LogP contribution in [0.25, 0.3) is 0 Å². The van der Waals surface area contributed by atoms with Gasteiger partial charge in [0.25, 0.3) is 5.91 Å². The molecule has 1 aliphatic rings. The van der Waals surface area contributed by atoms with Crippen molar-refractivity contribution in [3.05, 3.63) is 77.9 Å². The van der Waals surface area contributed by atoms with Gasteiger partial charge in [-0.25, -0.2) is 0 Å². The Balaban J connectivity index is 1.96. The average Bonchev–Trinajstić information content (AvgIpc) is 2.77. The van der Waals surface area contributed by atoms with Crippen molar-refractivity contribution in [1.29, 1.82) is 0 Å². The van der Waals surface area contributed by atoms with Crippen LogP contribution in [0.4, 0.5) is 0 Å². The number of hydrogen-bond donors (Lipinski definition) is 1. The Kier molecular flexibility index (Phi) is 7.52. The second-order valence-electron chi connectivity index (χ2n) is 8.58. The van der Waals surface area contributed by atoms with Crippen LogP contribution in [0.15, 0.2) is 61.2 Å². The zero-order valence-corrected chi connectivity index (χ0v) is 19.2. The molecule has 1 saturated heterocycles. The summed E-state index contributed by atoms with van der Waals surface area (Å²) in [6, 6.07) is 16.2. The Morgan fingerprint density at radius 3 is 2.48 bits per heavy atom. The number of hydrogen-bond acceptors (Lipinski definition) is 4. The van der Waals surface area contributed by atoms with E-state index in [4.69, 9.17) is 0 Å². The number of carbonyl (C=O) groups excluding carboxylic acids is 1. The molecular weight excluding hydrogens is 386 g/mol. The van der Waals surface area contributed by atoms with Crippen molar-refractivity contribution in [1.82, 2.24) is 14.7 Å². The molecule has 1 amide bonds. The minimum absolute atomic E-state index is 0.00323. The number of rotatable bonds is 7. The molecule has 3 atom stereocenters. The molecule has 2 aromatic rings. The van der Waals surface area contributed by atoms with Crippen LogP contribution in [0.5, 0.6) is 5.75 Å². The minimum Gasteiger partial charge on any atom is -0.508 e. The third-order valence-electron chi connectivity index (χ3n) is 6.34. The van der Waals surface area contributed by atoms with Crippen LogP contribution in [0.3, 0.4) is 0 Å². The van der Waals surface area contributed by atoms with Crippen LogP contribution in [0, 0.1) is 0 Å². The lowest BCUT2D eigenvalue weighted by Crippen LogP contribution is -2.57. The first kappa shape index (κ1) is 23.0. The van der Waals surface area contributed by atoms with Gasteiger partial charge in [-0.1, -0.05) is 30.3 Å². The highest BCUT2D eigenvalue weighted by Gasteiger charge is 2.34. The fourth-order valence-corrected chi connectivity index (χ4v) is 4.45. The fourth-order valence-electron chi connectivity index (χ4n) is 4.45. The molecule has 0 aliphatic carbocycles. The summed E-state index contributed by atoms with van der Waals surface area (Å²) in [5.41, 5.74) is 2.87. The van der Waals surface area contributed by atoms with Crippen molar-refractivity contribution in [2.45, 2.75) is 38.9 Å². The van der Waals surface area contributed by atoms with Gasteiger partial charge in [0.05, 0.1) is 6.04 Å². The van der Waals surface area contributed by atoms with E-state index in [1.54, 1.807) is 11.0 Å². The van der Waals surface area contributed by atoms with Crippen LogP contribution >= 0.6 is 0 Å². The van der Waals surface area contributed by atoms with Crippen LogP contribution < -0.4 is 0 Å². The number of aromatic hydroxyl groups is 1. The Morgan fingerprint density at radius 2 is 1.87 bits per heavy atom. The maximum Gasteiger partial charge on any atom is 0.253 e. The summed E-state index contributed by atoms with van der Waals surface area (Å²) in [6.07, 6.45) is 1.97. The van der Waals surface area contributed by atoms with Gasteiger partial charge in [-0.05, 0) is 56.2 Å². The van der Waals surface area contributed by atoms with Gasteiger partial charge in [0, 0.05) is 50.9 Å². The van der Waals surface area contributed by atoms with Gasteiger partial charge in [0.2, 0.25) is 0 Å². The van der Waals surface area contributed by atoms with E-state index < -0.39 is 0 Å². The largest absolute Gasteiger partial charge is 0.508 e. The summed E-state index contributed by atoms with van der Waals surface area (Å²) in [7, 11) is 1.82. The number of phenolic OH excluding ortho intramolecular Hbond substituents is 1. The van der Waals surface area contributed by atoms with Crippen molar-refractivity contribution < 1.29 is 9.90 Å². The molecule has 3 rings (SSSR count). The van der Waals surface area contributed by atoms with Crippen molar-refractivity contribution in [3.8, 4) is 5.75 Å². The van der Waals surface area contributed by atoms with E-state index in [1.807, 2.05) is 44.3 Å². The topological polar surface area (TPSA) is 47.0 Å². The molecule has 5 nitrogen and oxygen atoms in total. The number of nitrogens with zero attached hydrogens (tertiary/aromatic N) is 3. The Bertz CT molecular complexity index is 896. The molecule has 1 aliphatic heterocycles. The van der Waals surface area contributed by atoms with Crippen LogP contribution in [0.1, 0.15) is 48.3 Å². The molecule has 2 aromatic carbocycles. The first-order valence-electron chi connectivity index (χ1n) is 11.1. The highest BCUT2D eigenvalue weighted by Crippen LogP contribution is 2.34. The van der Waals surface area contributed by atoms with Crippen LogP contribution in [-0.2, 0) is 0 Å². The van der Waals surface area contributed by atoms with Gasteiger partial charge in [0.15, 0.2) is 0 Å². The lowest BCUT2D eigenvalue weighted by molar-refractivity contribution is 0.0306. The van der Waals surface area contributed by atoms with E-state index in [2.05, 4.69) is 48.4 Å². The van der Waals surface area contributed by atoms with Crippen molar-refractivity contribution in [2.75, 3.05) is 33.2 Å². The first-order chi connectivity index (χ1) is 14.8. The average molecular weight is 422 g/mol. The number of benzene rings is 2. The highest BCUT2D eigenvalue weighted by atomic mass is 16.3. The van der Waals surface area contributed by atoms with Gasteiger partial charge < -0.3 is 10.0 Å². The molecule has 166 valence electrons. The van der Waals surface area contributed by atoms with Crippen molar-refractivity contribution in [2.24, 2.45) is 0 Å². The summed E-state index contributed by atoms with van der Waals surface area (Å²) in [6.45, 7) is 13.8. The van der Waals surface area contributed by atoms with E-state index in [0.29, 0.717) is 24.2 Å². The molecule has 5 heteroatoms. The fraction of sp³-hybridized carbons (Fsp3) is 0.423. The summed E-state index contributed by atoms with van der Waals surface area (Å²) in [4.78, 5) is 19.2. The summed E-state index contributed by atoms with van der Waals surface area (Å²) >= 11 is 0. The predicted octanol–water partition coefficient (Wildman–Crippen LogP) is 4.15. The Labute approximate surface area is 186 Å². The minimum atomic E-state index is 0.00323. The molecule has 1 N–H and O–H groups in total. The normalized spacial score (nSPS) is 20.9. The van der Waals surface area contributed by atoms with Crippen molar-refractivity contribution >= 4 is 5.91 Å². The number of carbonyl (C=O) groups is 1. The standard InChI is InChI=1S/C26H35N3O2/c1-6-15-28-17-20(4)29(18-19(28)3)25(23-9-8-10-24(30)16-23)21-11-13-22(14-12-21)26(31)27(5)7-2/h6,8-14,16,19-20,25,30H,1,7,15,17-18H2,2-5H3. The van der Waals surface area contributed by atoms with Crippen molar-refractivity contribution in [3.63, 3.8) is 0 Å². The van der Waals surface area contributed by atoms with E-state index in [1.165, 1.54) is 0 Å². The summed E-state index contributed by atoms with van der Waals surface area (Å²) in [5.74, 6) is 0.299. The van der Waals surface area contributed by atoms with E-state index in [9.17, 15) is 9.90 Å². The zero-order chi connectivity index (χ0) is 22.5. The number of phenols is 1. The molecule has 0 saturated carbocycles. The Morgan fingerprint density at radius 1 is 1.16 bits per heavy atom. The van der Waals surface area contributed by atoms with Gasteiger partial charge >= 0.3 is 0 Å². The second kappa shape index (κ2) is 10.1. The summed E-state index contributed by atoms with van der Waals surface area (Å²) in [5, 5.41) is 10.2. The molecule has 0 radical (unpaired) electrons. The first-order valence-corrected chi connectivity index (χ1v) is 11.1. The molecule has 0 spiro atoms. The van der Waals surface area contributed by atoms with E-state index in [0.717, 1.165) is 30.8 Å². The monoisotopic (exact) mass is 421 g/mol. The van der Waals surface area contributed by atoms with Gasteiger partial charge in [-0.3, -0.25) is 14.6 Å². The molecule has 0 bridgehead atoms. The SMILES string of the molecule is C=CCN1CC(C)N(C(c2ccc(C(=O)N(C)CC)cc2)c2cccc(O)c2)CC1C. The molecule has 1 heterocycles. The van der Waals surface area contributed by atoms with E-state index in [-0.39, 0.29) is 17.7 Å². The summed E-state index contributed by atoms with van der Waals surface area (Å²) < 4.78 is 0. The molecular formula is C26H35N3O2. The predicted molar refractivity (Wildman–Crippen MR) is 126 cm³/mol. The zero-order valence-electron chi connectivity index (χ0n) is 19.2. The van der Waals surface area contributed by atoms with Gasteiger partial charge in [-0.2, -0.15) is 0 Å². The second-order valence-corrected chi connectivity index (χ2v) is 8.58. The smallest absolute Gasteiger partial charge is 0.253 e. The number of amides is 1. The molecule has 1 fully saturated rings. The lowest BCUT2D eigenvalue weighted by atomic mass is 9.92. The highest BCUT2D eigenvalue weighted by molar-refractivity contribution is 5.94. The Hall–Kier alpha value is -2.63. The maximum atomic E-state index is 12.5. The quantitative estimate of drug-likeness (QED) is 0.682.